The lowest BCUT2D eigenvalue weighted by atomic mass is 10.2. The van der Waals surface area contributed by atoms with Crippen LogP contribution in [0.3, 0.4) is 0 Å². The number of nitrogen functional groups attached to an aromatic ring is 1. The molecule has 134 valence electrons. The second kappa shape index (κ2) is 6.88. The van der Waals surface area contributed by atoms with Gasteiger partial charge in [0.25, 0.3) is 5.91 Å². The van der Waals surface area contributed by atoms with E-state index in [2.05, 4.69) is 35.8 Å². The first-order valence-corrected chi connectivity index (χ1v) is 7.22. The molecule has 0 aliphatic rings. The first kappa shape index (κ1) is 16.9. The van der Waals surface area contributed by atoms with Crippen molar-refractivity contribution in [3.8, 4) is 17.3 Å². The molecule has 1 aromatic carbocycles. The van der Waals surface area contributed by atoms with Gasteiger partial charge in [-0.25, -0.2) is 10.1 Å². The lowest BCUT2D eigenvalue weighted by molar-refractivity contribution is 0.0946. The maximum atomic E-state index is 12.4. The molecule has 3 aromatic rings. The van der Waals surface area contributed by atoms with Gasteiger partial charge in [-0.05, 0) is 41.0 Å². The zero-order valence-corrected chi connectivity index (χ0v) is 13.7. The molecule has 1 amide bonds. The van der Waals surface area contributed by atoms with Crippen LogP contribution in [-0.4, -0.2) is 49.6 Å². The highest BCUT2D eigenvalue weighted by molar-refractivity contribution is 5.94. The Bertz CT molecular complexity index is 977. The molecule has 12 heteroatoms. The molecular weight excluding hydrogens is 344 g/mol. The van der Waals surface area contributed by atoms with Crippen LogP contribution in [0.4, 0.5) is 5.82 Å². The van der Waals surface area contributed by atoms with Crippen molar-refractivity contribution in [2.24, 2.45) is 5.10 Å². The molecule has 2 heterocycles. The number of aromatic nitrogens is 5. The Morgan fingerprint density at radius 2 is 2.27 bits per heavy atom. The van der Waals surface area contributed by atoms with Crippen LogP contribution in [0.5, 0.6) is 11.5 Å². The van der Waals surface area contributed by atoms with Gasteiger partial charge >= 0.3 is 0 Å². The Kier molecular flexibility index (Phi) is 4.47. The average molecular weight is 358 g/mol. The number of phenols is 1. The van der Waals surface area contributed by atoms with Crippen LogP contribution in [-0.2, 0) is 0 Å². The van der Waals surface area contributed by atoms with E-state index < -0.39 is 5.91 Å². The van der Waals surface area contributed by atoms with E-state index in [9.17, 15) is 9.90 Å². The number of ether oxygens (including phenoxy) is 1. The van der Waals surface area contributed by atoms with E-state index in [1.807, 2.05) is 0 Å². The van der Waals surface area contributed by atoms with E-state index in [4.69, 9.17) is 10.5 Å². The topological polar surface area (TPSA) is 167 Å². The molecule has 3 rings (SSSR count). The predicted octanol–water partition coefficient (Wildman–Crippen LogP) is 0.0190. The number of anilines is 1. The third-order valence-corrected chi connectivity index (χ3v) is 3.33. The zero-order valence-electron chi connectivity index (χ0n) is 13.7. The number of hydrogen-bond donors (Lipinski definition) is 3. The molecule has 0 unspecified atom stereocenters. The SMILES string of the molecule is COc1ccc(/C=N\NC(=O)c2c(C)nnn2-c2nonc2N)cc1O. The number of hydrogen-bond acceptors (Lipinski definition) is 10. The van der Waals surface area contributed by atoms with Crippen molar-refractivity contribution in [1.82, 2.24) is 30.7 Å². The van der Waals surface area contributed by atoms with Gasteiger partial charge < -0.3 is 15.6 Å². The summed E-state index contributed by atoms with van der Waals surface area (Å²) < 4.78 is 10.6. The van der Waals surface area contributed by atoms with Crippen LogP contribution in [0.25, 0.3) is 5.82 Å². The van der Waals surface area contributed by atoms with Crippen LogP contribution in [0.15, 0.2) is 27.9 Å². The van der Waals surface area contributed by atoms with Gasteiger partial charge in [-0.3, -0.25) is 4.79 Å². The summed E-state index contributed by atoms with van der Waals surface area (Å²) in [5.74, 6) is -0.310. The quantitative estimate of drug-likeness (QED) is 0.420. The minimum absolute atomic E-state index is 0.0406. The second-order valence-electron chi connectivity index (χ2n) is 5.04. The molecule has 0 aliphatic heterocycles. The number of rotatable bonds is 5. The van der Waals surface area contributed by atoms with Gasteiger partial charge in [0, 0.05) is 0 Å². The molecule has 0 radical (unpaired) electrons. The van der Waals surface area contributed by atoms with Gasteiger partial charge in [-0.15, -0.1) is 5.10 Å². The number of nitrogens with one attached hydrogen (secondary N) is 1. The summed E-state index contributed by atoms with van der Waals surface area (Å²) in [6.07, 6.45) is 1.35. The lowest BCUT2D eigenvalue weighted by Gasteiger charge is -2.04. The molecule has 0 fully saturated rings. The van der Waals surface area contributed by atoms with Crippen LogP contribution in [0.1, 0.15) is 21.7 Å². The van der Waals surface area contributed by atoms with Gasteiger partial charge in [0.15, 0.2) is 17.2 Å². The fourth-order valence-electron chi connectivity index (χ4n) is 2.11. The molecule has 12 nitrogen and oxygen atoms in total. The standard InChI is InChI=1S/C14H14N8O4/c1-7-11(22(21-17-7)13-12(15)19-26-20-13)14(24)18-16-6-8-3-4-10(25-2)9(23)5-8/h3-6,23H,1-2H3,(H2,15,19)(H,18,24)/b16-6-. The number of benzene rings is 1. The molecule has 0 bridgehead atoms. The van der Waals surface area contributed by atoms with E-state index >= 15 is 0 Å². The smallest absolute Gasteiger partial charge is 0.292 e. The van der Waals surface area contributed by atoms with Gasteiger partial charge in [0.1, 0.15) is 0 Å². The number of nitrogens with zero attached hydrogens (tertiary/aromatic N) is 6. The number of methoxy groups -OCH3 is 1. The van der Waals surface area contributed by atoms with Gasteiger partial charge in [0.2, 0.25) is 11.6 Å². The molecule has 26 heavy (non-hydrogen) atoms. The van der Waals surface area contributed by atoms with Crippen molar-refractivity contribution in [2.75, 3.05) is 12.8 Å². The summed E-state index contributed by atoms with van der Waals surface area (Å²) in [6.45, 7) is 1.59. The summed E-state index contributed by atoms with van der Waals surface area (Å²) in [4.78, 5) is 12.4. The normalized spacial score (nSPS) is 11.0. The number of aromatic hydroxyl groups is 1. The van der Waals surface area contributed by atoms with E-state index in [1.54, 1.807) is 19.1 Å². The van der Waals surface area contributed by atoms with E-state index in [0.717, 1.165) is 4.68 Å². The van der Waals surface area contributed by atoms with Crippen molar-refractivity contribution in [3.05, 3.63) is 35.2 Å². The van der Waals surface area contributed by atoms with Crippen molar-refractivity contribution in [1.29, 1.82) is 0 Å². The van der Waals surface area contributed by atoms with Gasteiger partial charge in [-0.1, -0.05) is 5.21 Å². The molecular formula is C14H14N8O4. The average Bonchev–Trinajstić information content (AvgIpc) is 3.20. The van der Waals surface area contributed by atoms with Crippen LogP contribution >= 0.6 is 0 Å². The number of nitrogens with two attached hydrogens (primary N) is 1. The molecule has 4 N–H and O–H groups in total. The molecule has 0 aliphatic carbocycles. The highest BCUT2D eigenvalue weighted by Crippen LogP contribution is 2.25. The molecule has 0 atom stereocenters. The lowest BCUT2D eigenvalue weighted by Crippen LogP contribution is -2.22. The van der Waals surface area contributed by atoms with Crippen molar-refractivity contribution in [3.63, 3.8) is 0 Å². The van der Waals surface area contributed by atoms with Crippen molar-refractivity contribution < 1.29 is 19.3 Å². The Morgan fingerprint density at radius 1 is 1.46 bits per heavy atom. The first-order valence-electron chi connectivity index (χ1n) is 7.22. The van der Waals surface area contributed by atoms with Crippen LogP contribution in [0, 0.1) is 6.92 Å². The minimum Gasteiger partial charge on any atom is -0.504 e. The third-order valence-electron chi connectivity index (χ3n) is 3.33. The zero-order chi connectivity index (χ0) is 18.7. The molecule has 2 aromatic heterocycles. The van der Waals surface area contributed by atoms with Crippen LogP contribution in [0.2, 0.25) is 0 Å². The van der Waals surface area contributed by atoms with Crippen molar-refractivity contribution >= 4 is 17.9 Å². The van der Waals surface area contributed by atoms with Gasteiger partial charge in [-0.2, -0.15) is 9.78 Å². The number of phenolic OH excluding ortho intramolecular Hbond substituents is 1. The summed E-state index contributed by atoms with van der Waals surface area (Å²) in [5.41, 5.74) is 8.91. The number of aryl methyl sites for hydroxylation is 1. The maximum absolute atomic E-state index is 12.4. The van der Waals surface area contributed by atoms with E-state index in [-0.39, 0.29) is 23.1 Å². The third kappa shape index (κ3) is 3.15. The molecule has 0 saturated carbocycles. The summed E-state index contributed by atoms with van der Waals surface area (Å²) >= 11 is 0. The summed E-state index contributed by atoms with van der Waals surface area (Å²) in [5, 5.41) is 28.2. The number of carbonyl (C=O) groups is 1. The largest absolute Gasteiger partial charge is 0.504 e. The number of carbonyl (C=O) groups excluding carboxylic acids is 1. The second-order valence-corrected chi connectivity index (χ2v) is 5.04. The Labute approximate surface area is 146 Å². The van der Waals surface area contributed by atoms with E-state index in [0.29, 0.717) is 17.0 Å². The fourth-order valence-corrected chi connectivity index (χ4v) is 2.11. The van der Waals surface area contributed by atoms with Gasteiger partial charge in [0.05, 0.1) is 19.0 Å². The Balaban J connectivity index is 1.78. The minimum atomic E-state index is -0.594. The number of amides is 1. The highest BCUT2D eigenvalue weighted by Gasteiger charge is 2.22. The predicted molar refractivity (Wildman–Crippen MR) is 88.1 cm³/mol. The highest BCUT2D eigenvalue weighted by atomic mass is 16.6. The Morgan fingerprint density at radius 3 is 2.92 bits per heavy atom. The monoisotopic (exact) mass is 358 g/mol. The Hall–Kier alpha value is -3.96. The van der Waals surface area contributed by atoms with Crippen molar-refractivity contribution in [2.45, 2.75) is 6.92 Å². The maximum Gasteiger partial charge on any atom is 0.292 e. The summed E-state index contributed by atoms with van der Waals surface area (Å²) in [6, 6.07) is 4.67. The van der Waals surface area contributed by atoms with Crippen LogP contribution < -0.4 is 15.9 Å². The molecule has 0 saturated heterocycles. The first-order chi connectivity index (χ1) is 12.5. The van der Waals surface area contributed by atoms with E-state index in [1.165, 1.54) is 19.4 Å². The molecule has 0 spiro atoms. The number of hydrazone groups is 1. The fraction of sp³-hybridized carbons (Fsp3) is 0.143. The summed E-state index contributed by atoms with van der Waals surface area (Å²) in [7, 11) is 1.44.